The van der Waals surface area contributed by atoms with E-state index in [1.54, 1.807) is 0 Å². The van der Waals surface area contributed by atoms with Crippen molar-refractivity contribution in [3.05, 3.63) is 34.1 Å². The van der Waals surface area contributed by atoms with Crippen molar-refractivity contribution in [2.45, 2.75) is 32.7 Å². The van der Waals surface area contributed by atoms with Crippen molar-refractivity contribution in [2.24, 2.45) is 11.7 Å². The zero-order chi connectivity index (χ0) is 18.3. The molecule has 0 aromatic heterocycles. The lowest BCUT2D eigenvalue weighted by Gasteiger charge is -2.21. The van der Waals surface area contributed by atoms with Gasteiger partial charge >= 0.3 is 0 Å². The van der Waals surface area contributed by atoms with E-state index in [1.807, 2.05) is 13.8 Å². The van der Waals surface area contributed by atoms with Gasteiger partial charge in [0, 0.05) is 17.4 Å². The van der Waals surface area contributed by atoms with E-state index in [-0.39, 0.29) is 24.4 Å². The molecule has 1 rings (SSSR count). The Hall–Kier alpha value is -1.96. The van der Waals surface area contributed by atoms with Crippen LogP contribution < -0.4 is 16.4 Å². The van der Waals surface area contributed by atoms with Crippen LogP contribution in [0.15, 0.2) is 22.7 Å². The third kappa shape index (κ3) is 5.92. The van der Waals surface area contributed by atoms with Gasteiger partial charge in [0.1, 0.15) is 11.9 Å². The third-order valence-corrected chi connectivity index (χ3v) is 4.34. The Balaban J connectivity index is 2.51. The van der Waals surface area contributed by atoms with Gasteiger partial charge in [-0.2, -0.15) is 0 Å². The molecule has 0 heterocycles. The fourth-order valence-corrected chi connectivity index (χ4v) is 2.46. The molecule has 6 nitrogen and oxygen atoms in total. The second-order valence-electron chi connectivity index (χ2n) is 5.46. The van der Waals surface area contributed by atoms with Crippen LogP contribution in [0.25, 0.3) is 0 Å². The van der Waals surface area contributed by atoms with Crippen molar-refractivity contribution in [1.29, 1.82) is 0 Å². The Bertz CT molecular complexity index is 625. The summed E-state index contributed by atoms with van der Waals surface area (Å²) >= 11 is 3.17. The fourth-order valence-electron chi connectivity index (χ4n) is 2.03. The summed E-state index contributed by atoms with van der Waals surface area (Å²) in [5.74, 6) is -2.09. The van der Waals surface area contributed by atoms with Gasteiger partial charge in [-0.25, -0.2) is 4.39 Å². The summed E-state index contributed by atoms with van der Waals surface area (Å²) < 4.78 is 13.6. The largest absolute Gasteiger partial charge is 0.368 e. The highest BCUT2D eigenvalue weighted by Crippen LogP contribution is 2.17. The number of amides is 3. The molecular formula is C16H21BrFN3O3. The van der Waals surface area contributed by atoms with Gasteiger partial charge in [-0.15, -0.1) is 0 Å². The van der Waals surface area contributed by atoms with E-state index < -0.39 is 29.6 Å². The van der Waals surface area contributed by atoms with Gasteiger partial charge in [0.25, 0.3) is 5.91 Å². The molecule has 132 valence electrons. The highest BCUT2D eigenvalue weighted by Gasteiger charge is 2.23. The van der Waals surface area contributed by atoms with Crippen molar-refractivity contribution < 1.29 is 18.8 Å². The van der Waals surface area contributed by atoms with Gasteiger partial charge in [0.05, 0.1) is 5.56 Å². The zero-order valence-electron chi connectivity index (χ0n) is 13.6. The molecule has 24 heavy (non-hydrogen) atoms. The van der Waals surface area contributed by atoms with E-state index in [9.17, 15) is 18.8 Å². The monoisotopic (exact) mass is 401 g/mol. The predicted octanol–water partition coefficient (Wildman–Crippen LogP) is 1.72. The number of nitrogens with one attached hydrogen (secondary N) is 2. The number of hydrogen-bond donors (Lipinski definition) is 3. The molecule has 0 radical (unpaired) electrons. The van der Waals surface area contributed by atoms with E-state index in [1.165, 1.54) is 12.1 Å². The van der Waals surface area contributed by atoms with Crippen LogP contribution in [0.4, 0.5) is 4.39 Å². The van der Waals surface area contributed by atoms with Crippen LogP contribution >= 0.6 is 15.9 Å². The molecule has 2 atom stereocenters. The summed E-state index contributed by atoms with van der Waals surface area (Å²) in [6.45, 7) is 3.77. The first-order valence-corrected chi connectivity index (χ1v) is 8.37. The Kier molecular flexibility index (Phi) is 7.84. The number of carbonyl (C=O) groups is 3. The molecule has 0 saturated carbocycles. The second-order valence-corrected chi connectivity index (χ2v) is 6.32. The lowest BCUT2D eigenvalue weighted by molar-refractivity contribution is -0.128. The van der Waals surface area contributed by atoms with E-state index in [0.717, 1.165) is 6.07 Å². The van der Waals surface area contributed by atoms with Crippen molar-refractivity contribution in [2.75, 3.05) is 6.54 Å². The average Bonchev–Trinajstić information content (AvgIpc) is 2.53. The number of hydrogen-bond acceptors (Lipinski definition) is 3. The summed E-state index contributed by atoms with van der Waals surface area (Å²) in [5, 5.41) is 5.10. The Morgan fingerprint density at radius 2 is 2.00 bits per heavy atom. The van der Waals surface area contributed by atoms with E-state index in [0.29, 0.717) is 10.9 Å². The number of halogens is 2. The molecule has 2 unspecified atom stereocenters. The van der Waals surface area contributed by atoms with Gasteiger partial charge in [0.2, 0.25) is 11.8 Å². The molecule has 0 spiro atoms. The lowest BCUT2D eigenvalue weighted by Crippen LogP contribution is -2.48. The van der Waals surface area contributed by atoms with Crippen LogP contribution in [-0.4, -0.2) is 30.3 Å². The zero-order valence-corrected chi connectivity index (χ0v) is 15.2. The summed E-state index contributed by atoms with van der Waals surface area (Å²) in [4.78, 5) is 35.2. The standard InChI is InChI=1S/C16H21BrFN3O3/c1-3-9(2)14(15(19)23)21-13(22)6-7-20-16(24)11-8-10(18)4-5-12(11)17/h4-5,8-9,14H,3,6-7H2,1-2H3,(H2,19,23)(H,20,24)(H,21,22). The molecule has 0 bridgehead atoms. The molecule has 0 aliphatic heterocycles. The van der Waals surface area contributed by atoms with Crippen LogP contribution in [0.5, 0.6) is 0 Å². The molecule has 3 amide bonds. The maximum Gasteiger partial charge on any atom is 0.252 e. The molecule has 0 saturated heterocycles. The Labute approximate surface area is 148 Å². The second kappa shape index (κ2) is 9.36. The van der Waals surface area contributed by atoms with Gasteiger partial charge in [-0.3, -0.25) is 14.4 Å². The predicted molar refractivity (Wildman–Crippen MR) is 91.6 cm³/mol. The summed E-state index contributed by atoms with van der Waals surface area (Å²) in [7, 11) is 0. The molecule has 8 heteroatoms. The minimum atomic E-state index is -0.740. The van der Waals surface area contributed by atoms with Crippen LogP contribution in [0, 0.1) is 11.7 Å². The number of nitrogens with two attached hydrogens (primary N) is 1. The highest BCUT2D eigenvalue weighted by molar-refractivity contribution is 9.10. The van der Waals surface area contributed by atoms with Crippen molar-refractivity contribution in [1.82, 2.24) is 10.6 Å². The van der Waals surface area contributed by atoms with Gasteiger partial charge in [-0.1, -0.05) is 20.3 Å². The lowest BCUT2D eigenvalue weighted by atomic mass is 9.98. The first kappa shape index (κ1) is 20.1. The minimum Gasteiger partial charge on any atom is -0.368 e. The van der Waals surface area contributed by atoms with Crippen LogP contribution in [0.3, 0.4) is 0 Å². The highest BCUT2D eigenvalue weighted by atomic mass is 79.9. The quantitative estimate of drug-likeness (QED) is 0.617. The molecule has 0 fully saturated rings. The number of primary amides is 1. The molecule has 1 aromatic carbocycles. The summed E-state index contributed by atoms with van der Waals surface area (Å²) in [6, 6.07) is 3.02. The van der Waals surface area contributed by atoms with Gasteiger partial charge < -0.3 is 16.4 Å². The van der Waals surface area contributed by atoms with E-state index in [2.05, 4.69) is 26.6 Å². The van der Waals surface area contributed by atoms with Crippen molar-refractivity contribution in [3.63, 3.8) is 0 Å². The Morgan fingerprint density at radius 1 is 1.33 bits per heavy atom. The smallest absolute Gasteiger partial charge is 0.252 e. The number of rotatable bonds is 8. The van der Waals surface area contributed by atoms with Crippen molar-refractivity contribution in [3.8, 4) is 0 Å². The molecule has 1 aromatic rings. The number of benzene rings is 1. The number of carbonyl (C=O) groups excluding carboxylic acids is 3. The van der Waals surface area contributed by atoms with E-state index in [4.69, 9.17) is 5.73 Å². The maximum absolute atomic E-state index is 13.2. The SMILES string of the molecule is CCC(C)C(NC(=O)CCNC(=O)c1cc(F)ccc1Br)C(N)=O. The topological polar surface area (TPSA) is 101 Å². The van der Waals surface area contributed by atoms with Gasteiger partial charge in [-0.05, 0) is 40.0 Å². The maximum atomic E-state index is 13.2. The first-order chi connectivity index (χ1) is 11.3. The molecule has 0 aliphatic rings. The molecular weight excluding hydrogens is 381 g/mol. The van der Waals surface area contributed by atoms with Crippen LogP contribution in [0.2, 0.25) is 0 Å². The van der Waals surface area contributed by atoms with Crippen LogP contribution in [-0.2, 0) is 9.59 Å². The van der Waals surface area contributed by atoms with E-state index >= 15 is 0 Å². The third-order valence-electron chi connectivity index (χ3n) is 3.65. The van der Waals surface area contributed by atoms with Crippen molar-refractivity contribution >= 4 is 33.7 Å². The average molecular weight is 402 g/mol. The molecule has 0 aliphatic carbocycles. The normalized spacial score (nSPS) is 13.0. The fraction of sp³-hybridized carbons (Fsp3) is 0.438. The molecule has 4 N–H and O–H groups in total. The summed E-state index contributed by atoms with van der Waals surface area (Å²) in [6.07, 6.45) is 0.678. The van der Waals surface area contributed by atoms with Crippen LogP contribution in [0.1, 0.15) is 37.0 Å². The summed E-state index contributed by atoms with van der Waals surface area (Å²) in [5.41, 5.74) is 5.42. The van der Waals surface area contributed by atoms with Gasteiger partial charge in [0.15, 0.2) is 0 Å². The first-order valence-electron chi connectivity index (χ1n) is 7.58. The minimum absolute atomic E-state index is 0.0150. The Morgan fingerprint density at radius 3 is 2.58 bits per heavy atom.